The lowest BCUT2D eigenvalue weighted by molar-refractivity contribution is -0.435. The molecule has 0 aromatic rings. The van der Waals surface area contributed by atoms with Crippen molar-refractivity contribution in [2.45, 2.75) is 78.9 Å². The fraction of sp³-hybridized carbons (Fsp3) is 0.800. The van der Waals surface area contributed by atoms with Gasteiger partial charge in [-0.1, -0.05) is 13.8 Å². The topological polar surface area (TPSA) is 55.8 Å². The van der Waals surface area contributed by atoms with Crippen LogP contribution in [-0.2, 0) is 19.4 Å². The number of carbonyl (C=O) groups is 2. The van der Waals surface area contributed by atoms with Crippen molar-refractivity contribution < 1.29 is 19.4 Å². The van der Waals surface area contributed by atoms with E-state index in [1.54, 1.807) is 13.8 Å². The summed E-state index contributed by atoms with van der Waals surface area (Å²) < 4.78 is 0. The third kappa shape index (κ3) is 2.85. The number of hydrogen-bond acceptors (Lipinski definition) is 4. The number of fused-ring (bicyclic) bond motifs is 2. The van der Waals surface area contributed by atoms with E-state index in [1.807, 2.05) is 13.8 Å². The van der Waals surface area contributed by atoms with E-state index in [-0.39, 0.29) is 24.0 Å². The predicted molar refractivity (Wildman–Crippen MR) is 94.4 cm³/mol. The van der Waals surface area contributed by atoms with Crippen molar-refractivity contribution in [1.29, 1.82) is 0 Å². The second kappa shape index (κ2) is 5.65. The molecule has 0 radical (unpaired) electrons. The molecule has 4 rings (SSSR count). The maximum atomic E-state index is 12.3. The van der Waals surface area contributed by atoms with Gasteiger partial charge in [-0.2, -0.15) is 0 Å². The van der Waals surface area contributed by atoms with Gasteiger partial charge in [0, 0.05) is 11.1 Å². The van der Waals surface area contributed by atoms with Gasteiger partial charge in [-0.25, -0.2) is 9.78 Å². The summed E-state index contributed by atoms with van der Waals surface area (Å²) in [7, 11) is 0. The SMILES string of the molecule is CC1=C(C)C(=O)N(CC(C)(C)OOC2(C)CCC3CC2C3(C)C)C1=O. The van der Waals surface area contributed by atoms with E-state index in [2.05, 4.69) is 20.8 Å². The molecule has 2 amide bonds. The minimum absolute atomic E-state index is 0.187. The summed E-state index contributed by atoms with van der Waals surface area (Å²) in [4.78, 5) is 37.6. The van der Waals surface area contributed by atoms with Crippen molar-refractivity contribution >= 4 is 11.8 Å². The third-order valence-electron chi connectivity index (χ3n) is 6.89. The van der Waals surface area contributed by atoms with Crippen molar-refractivity contribution in [2.75, 3.05) is 6.54 Å². The highest BCUT2D eigenvalue weighted by molar-refractivity contribution is 6.18. The number of amides is 2. The van der Waals surface area contributed by atoms with E-state index in [0.29, 0.717) is 22.5 Å². The number of rotatable bonds is 5. The third-order valence-corrected chi connectivity index (χ3v) is 6.89. The van der Waals surface area contributed by atoms with Crippen LogP contribution in [-0.4, -0.2) is 34.5 Å². The molecule has 0 aromatic carbocycles. The first-order valence-corrected chi connectivity index (χ1v) is 9.29. The van der Waals surface area contributed by atoms with E-state index < -0.39 is 5.60 Å². The molecule has 140 valence electrons. The maximum Gasteiger partial charge on any atom is 0.256 e. The largest absolute Gasteiger partial charge is 0.272 e. The Bertz CT molecular complexity index is 622. The highest BCUT2D eigenvalue weighted by Gasteiger charge is 2.61. The summed E-state index contributed by atoms with van der Waals surface area (Å²) in [6.45, 7) is 14.1. The number of imide groups is 1. The van der Waals surface area contributed by atoms with Crippen molar-refractivity contribution in [2.24, 2.45) is 17.3 Å². The van der Waals surface area contributed by atoms with Gasteiger partial charge in [0.1, 0.15) is 11.2 Å². The molecule has 1 heterocycles. The molecule has 3 atom stereocenters. The molecule has 2 bridgehead atoms. The summed E-state index contributed by atoms with van der Waals surface area (Å²) in [5.41, 5.74) is 0.258. The fourth-order valence-electron chi connectivity index (χ4n) is 4.85. The van der Waals surface area contributed by atoms with Crippen molar-refractivity contribution in [3.8, 4) is 0 Å². The second-order valence-electron chi connectivity index (χ2n) is 9.53. The predicted octanol–water partition coefficient (Wildman–Crippen LogP) is 3.63. The van der Waals surface area contributed by atoms with Crippen LogP contribution in [0.2, 0.25) is 0 Å². The average molecular weight is 349 g/mol. The fourth-order valence-corrected chi connectivity index (χ4v) is 4.85. The zero-order valence-corrected chi connectivity index (χ0v) is 16.6. The first-order chi connectivity index (χ1) is 11.4. The molecule has 3 aliphatic carbocycles. The monoisotopic (exact) mass is 349 g/mol. The van der Waals surface area contributed by atoms with Crippen LogP contribution < -0.4 is 0 Å². The van der Waals surface area contributed by atoms with Crippen LogP contribution in [0, 0.1) is 17.3 Å². The Labute approximate surface area is 150 Å². The summed E-state index contributed by atoms with van der Waals surface area (Å²) in [5, 5.41) is 0. The Balaban J connectivity index is 1.63. The summed E-state index contributed by atoms with van der Waals surface area (Å²) in [6.07, 6.45) is 3.34. The zero-order chi connectivity index (χ0) is 18.8. The van der Waals surface area contributed by atoms with E-state index >= 15 is 0 Å². The Hall–Kier alpha value is -1.20. The van der Waals surface area contributed by atoms with Gasteiger partial charge in [0.25, 0.3) is 11.8 Å². The summed E-state index contributed by atoms with van der Waals surface area (Å²) >= 11 is 0. The van der Waals surface area contributed by atoms with Gasteiger partial charge < -0.3 is 0 Å². The van der Waals surface area contributed by atoms with Crippen molar-refractivity contribution in [1.82, 2.24) is 4.90 Å². The summed E-state index contributed by atoms with van der Waals surface area (Å²) in [5.74, 6) is 0.812. The highest BCUT2D eigenvalue weighted by atomic mass is 17.2. The molecule has 0 N–H and O–H groups in total. The Kier molecular flexibility index (Phi) is 4.20. The zero-order valence-electron chi connectivity index (χ0n) is 16.6. The molecule has 4 aliphatic rings. The van der Waals surface area contributed by atoms with Gasteiger partial charge in [0.2, 0.25) is 0 Å². The highest BCUT2D eigenvalue weighted by Crippen LogP contribution is 2.63. The van der Waals surface area contributed by atoms with E-state index in [0.717, 1.165) is 18.8 Å². The normalized spacial score (nSPS) is 34.6. The van der Waals surface area contributed by atoms with Crippen LogP contribution in [0.25, 0.3) is 0 Å². The lowest BCUT2D eigenvalue weighted by Crippen LogP contribution is -2.61. The lowest BCUT2D eigenvalue weighted by Gasteiger charge is -2.63. The van der Waals surface area contributed by atoms with Gasteiger partial charge in [0.05, 0.1) is 6.54 Å². The van der Waals surface area contributed by atoms with Gasteiger partial charge in [-0.3, -0.25) is 14.5 Å². The molecular weight excluding hydrogens is 318 g/mol. The number of nitrogens with zero attached hydrogens (tertiary/aromatic N) is 1. The van der Waals surface area contributed by atoms with Gasteiger partial charge in [-0.15, -0.1) is 0 Å². The molecule has 3 saturated carbocycles. The van der Waals surface area contributed by atoms with Crippen LogP contribution in [0.15, 0.2) is 11.1 Å². The van der Waals surface area contributed by atoms with Gasteiger partial charge in [-0.05, 0) is 71.1 Å². The summed E-state index contributed by atoms with van der Waals surface area (Å²) in [6, 6.07) is 0. The van der Waals surface area contributed by atoms with Crippen molar-refractivity contribution in [3.63, 3.8) is 0 Å². The number of hydrogen-bond donors (Lipinski definition) is 0. The van der Waals surface area contributed by atoms with Crippen LogP contribution in [0.5, 0.6) is 0 Å². The van der Waals surface area contributed by atoms with E-state index in [4.69, 9.17) is 9.78 Å². The van der Waals surface area contributed by atoms with Gasteiger partial charge >= 0.3 is 0 Å². The van der Waals surface area contributed by atoms with Gasteiger partial charge in [0.15, 0.2) is 0 Å². The molecular formula is C20H31NO4. The van der Waals surface area contributed by atoms with Crippen LogP contribution >= 0.6 is 0 Å². The Morgan fingerprint density at radius 1 is 1.12 bits per heavy atom. The molecule has 0 spiro atoms. The number of carbonyl (C=O) groups excluding carboxylic acids is 2. The second-order valence-corrected chi connectivity index (χ2v) is 9.53. The van der Waals surface area contributed by atoms with Crippen LogP contribution in [0.3, 0.4) is 0 Å². The Morgan fingerprint density at radius 3 is 2.16 bits per heavy atom. The first kappa shape index (κ1) is 18.6. The van der Waals surface area contributed by atoms with Crippen LogP contribution in [0.4, 0.5) is 0 Å². The molecule has 5 nitrogen and oxygen atoms in total. The van der Waals surface area contributed by atoms with Crippen LogP contribution in [0.1, 0.15) is 67.7 Å². The molecule has 3 unspecified atom stereocenters. The molecule has 3 fully saturated rings. The standard InChI is InChI=1S/C20H31NO4/c1-12-13(2)17(23)21(16(12)22)11-18(3,4)24-25-20(7)9-8-14-10-15(20)19(14,5)6/h14-15H,8-11H2,1-7H3. The lowest BCUT2D eigenvalue weighted by atomic mass is 9.44. The molecule has 25 heavy (non-hydrogen) atoms. The maximum absolute atomic E-state index is 12.3. The van der Waals surface area contributed by atoms with Crippen molar-refractivity contribution in [3.05, 3.63) is 11.1 Å². The molecule has 1 aliphatic heterocycles. The smallest absolute Gasteiger partial charge is 0.256 e. The molecule has 0 saturated heterocycles. The quantitative estimate of drug-likeness (QED) is 0.432. The minimum Gasteiger partial charge on any atom is -0.272 e. The molecule has 0 aromatic heterocycles. The van der Waals surface area contributed by atoms with E-state index in [9.17, 15) is 9.59 Å². The van der Waals surface area contributed by atoms with E-state index in [1.165, 1.54) is 11.3 Å². The molecule has 5 heteroatoms. The first-order valence-electron chi connectivity index (χ1n) is 9.29. The minimum atomic E-state index is -0.760. The average Bonchev–Trinajstić information content (AvgIpc) is 2.71. The Morgan fingerprint density at radius 2 is 1.68 bits per heavy atom.